The van der Waals surface area contributed by atoms with Crippen LogP contribution in [0.4, 0.5) is 4.39 Å². The Morgan fingerprint density at radius 1 is 1.67 bits per heavy atom. The predicted octanol–water partition coefficient (Wildman–Crippen LogP) is -0.561. The number of aliphatic hydroxyl groups is 2. The first-order valence-corrected chi connectivity index (χ1v) is 3.80. The third-order valence-electron chi connectivity index (χ3n) is 1.91. The molecule has 0 bridgehead atoms. The summed E-state index contributed by atoms with van der Waals surface area (Å²) < 4.78 is 22.6. The number of methoxy groups -OCH3 is 1. The van der Waals surface area contributed by atoms with Gasteiger partial charge in [-0.1, -0.05) is 0 Å². The average Bonchev–Trinajstić information content (AvgIpc) is 2.05. The summed E-state index contributed by atoms with van der Waals surface area (Å²) in [5, 5.41) is 17.8. The van der Waals surface area contributed by atoms with Gasteiger partial charge in [-0.25, -0.2) is 4.39 Å². The summed E-state index contributed by atoms with van der Waals surface area (Å²) in [5.41, 5.74) is 0. The van der Waals surface area contributed by atoms with Gasteiger partial charge in [-0.2, -0.15) is 0 Å². The van der Waals surface area contributed by atoms with Crippen molar-refractivity contribution in [1.82, 2.24) is 0 Å². The first kappa shape index (κ1) is 9.85. The molecule has 1 saturated heterocycles. The molecule has 4 nitrogen and oxygen atoms in total. The number of aliphatic hydroxyl groups excluding tert-OH is 2. The van der Waals surface area contributed by atoms with Crippen molar-refractivity contribution in [2.45, 2.75) is 31.1 Å². The smallest absolute Gasteiger partial charge is 0.183 e. The fraction of sp³-hybridized carbons (Fsp3) is 1.00. The average molecular weight is 180 g/mol. The number of ether oxygens (including phenoxy) is 2. The second-order valence-electron chi connectivity index (χ2n) is 2.78. The minimum Gasteiger partial charge on any atom is -0.394 e. The fourth-order valence-electron chi connectivity index (χ4n) is 1.21. The summed E-state index contributed by atoms with van der Waals surface area (Å²) in [7, 11) is 1.36. The molecule has 0 radical (unpaired) electrons. The van der Waals surface area contributed by atoms with E-state index in [2.05, 4.69) is 0 Å². The van der Waals surface area contributed by atoms with Crippen LogP contribution in [0.1, 0.15) is 6.42 Å². The highest BCUT2D eigenvalue weighted by molar-refractivity contribution is 4.80. The fourth-order valence-corrected chi connectivity index (χ4v) is 1.21. The van der Waals surface area contributed by atoms with Crippen molar-refractivity contribution < 1.29 is 24.1 Å². The Hall–Kier alpha value is -0.230. The Morgan fingerprint density at radius 3 is 2.83 bits per heavy atom. The number of rotatable bonds is 2. The lowest BCUT2D eigenvalue weighted by Gasteiger charge is -2.34. The van der Waals surface area contributed by atoms with E-state index >= 15 is 0 Å². The van der Waals surface area contributed by atoms with Crippen molar-refractivity contribution >= 4 is 0 Å². The van der Waals surface area contributed by atoms with Gasteiger partial charge in [0.25, 0.3) is 0 Å². The molecule has 72 valence electrons. The highest BCUT2D eigenvalue weighted by Crippen LogP contribution is 2.22. The summed E-state index contributed by atoms with van der Waals surface area (Å²) in [4.78, 5) is 0. The molecule has 0 saturated carbocycles. The summed E-state index contributed by atoms with van der Waals surface area (Å²) in [6, 6.07) is 0. The van der Waals surface area contributed by atoms with Crippen LogP contribution in [0.5, 0.6) is 0 Å². The first-order valence-electron chi connectivity index (χ1n) is 3.80. The summed E-state index contributed by atoms with van der Waals surface area (Å²) in [6.45, 7) is -0.395. The van der Waals surface area contributed by atoms with Crippen LogP contribution in [-0.2, 0) is 9.47 Å². The van der Waals surface area contributed by atoms with E-state index in [1.54, 1.807) is 0 Å². The van der Waals surface area contributed by atoms with E-state index in [9.17, 15) is 9.50 Å². The second-order valence-corrected chi connectivity index (χ2v) is 2.78. The molecule has 4 atom stereocenters. The molecule has 0 aromatic rings. The van der Waals surface area contributed by atoms with Gasteiger partial charge in [0, 0.05) is 13.5 Å². The topological polar surface area (TPSA) is 58.9 Å². The maximum atomic E-state index is 12.9. The van der Waals surface area contributed by atoms with E-state index in [1.807, 2.05) is 0 Å². The van der Waals surface area contributed by atoms with E-state index in [0.29, 0.717) is 0 Å². The van der Waals surface area contributed by atoms with Gasteiger partial charge in [0.1, 0.15) is 18.4 Å². The molecule has 1 rings (SSSR count). The van der Waals surface area contributed by atoms with E-state index in [1.165, 1.54) is 7.11 Å². The molecule has 0 aromatic carbocycles. The van der Waals surface area contributed by atoms with Crippen LogP contribution >= 0.6 is 0 Å². The van der Waals surface area contributed by atoms with Crippen LogP contribution in [0.25, 0.3) is 0 Å². The largest absolute Gasteiger partial charge is 0.394 e. The maximum absolute atomic E-state index is 12.9. The number of hydrogen-bond acceptors (Lipinski definition) is 4. The highest BCUT2D eigenvalue weighted by atomic mass is 19.1. The minimum absolute atomic E-state index is 0.0519. The van der Waals surface area contributed by atoms with Gasteiger partial charge in [0.15, 0.2) is 6.29 Å². The maximum Gasteiger partial charge on any atom is 0.183 e. The van der Waals surface area contributed by atoms with Gasteiger partial charge in [0.2, 0.25) is 0 Å². The van der Waals surface area contributed by atoms with Gasteiger partial charge in [-0.05, 0) is 0 Å². The molecule has 1 aliphatic rings. The van der Waals surface area contributed by atoms with Gasteiger partial charge in [-0.3, -0.25) is 0 Å². The van der Waals surface area contributed by atoms with E-state index in [4.69, 9.17) is 14.6 Å². The SMILES string of the molecule is COC1OC(CO)C(F)CC1O. The van der Waals surface area contributed by atoms with Gasteiger partial charge < -0.3 is 19.7 Å². The van der Waals surface area contributed by atoms with Crippen LogP contribution in [0.2, 0.25) is 0 Å². The quantitative estimate of drug-likeness (QED) is 0.598. The first-order chi connectivity index (χ1) is 5.69. The van der Waals surface area contributed by atoms with Crippen LogP contribution in [0.15, 0.2) is 0 Å². The molecular weight excluding hydrogens is 167 g/mol. The lowest BCUT2D eigenvalue weighted by Crippen LogP contribution is -2.47. The van der Waals surface area contributed by atoms with Crippen LogP contribution in [0.3, 0.4) is 0 Å². The Morgan fingerprint density at radius 2 is 2.33 bits per heavy atom. The number of hydrogen-bond donors (Lipinski definition) is 2. The molecule has 0 amide bonds. The summed E-state index contributed by atoms with van der Waals surface area (Å²) in [5.74, 6) is 0. The zero-order valence-electron chi connectivity index (χ0n) is 6.81. The Kier molecular flexibility index (Phi) is 3.39. The van der Waals surface area contributed by atoms with Gasteiger partial charge in [-0.15, -0.1) is 0 Å². The lowest BCUT2D eigenvalue weighted by molar-refractivity contribution is -0.252. The molecule has 1 heterocycles. The predicted molar refractivity (Wildman–Crippen MR) is 38.3 cm³/mol. The molecule has 1 aliphatic heterocycles. The van der Waals surface area contributed by atoms with E-state index in [0.717, 1.165) is 0 Å². The monoisotopic (exact) mass is 180 g/mol. The van der Waals surface area contributed by atoms with E-state index < -0.39 is 31.3 Å². The standard InChI is InChI=1S/C7H13FO4/c1-11-7-5(10)2-4(8)6(3-9)12-7/h4-7,9-10H,2-3H2,1H3. The third-order valence-corrected chi connectivity index (χ3v) is 1.91. The van der Waals surface area contributed by atoms with Gasteiger partial charge >= 0.3 is 0 Å². The molecule has 1 fully saturated rings. The lowest BCUT2D eigenvalue weighted by atomic mass is 10.0. The molecule has 2 N–H and O–H groups in total. The molecular formula is C7H13FO4. The molecule has 0 aliphatic carbocycles. The van der Waals surface area contributed by atoms with Crippen molar-refractivity contribution in [2.75, 3.05) is 13.7 Å². The summed E-state index contributed by atoms with van der Waals surface area (Å²) >= 11 is 0. The Bertz CT molecular complexity index is 129. The van der Waals surface area contributed by atoms with Crippen molar-refractivity contribution in [2.24, 2.45) is 0 Å². The van der Waals surface area contributed by atoms with Crippen LogP contribution in [0, 0.1) is 0 Å². The third kappa shape index (κ3) is 1.92. The van der Waals surface area contributed by atoms with Crippen LogP contribution in [-0.4, -0.2) is 48.6 Å². The van der Waals surface area contributed by atoms with E-state index in [-0.39, 0.29) is 6.42 Å². The van der Waals surface area contributed by atoms with Crippen molar-refractivity contribution in [3.8, 4) is 0 Å². The second kappa shape index (κ2) is 4.13. The van der Waals surface area contributed by atoms with Crippen LogP contribution < -0.4 is 0 Å². The Balaban J connectivity index is 2.50. The molecule has 0 spiro atoms. The van der Waals surface area contributed by atoms with Crippen molar-refractivity contribution in [3.05, 3.63) is 0 Å². The molecule has 5 heteroatoms. The van der Waals surface area contributed by atoms with Crippen molar-refractivity contribution in [1.29, 1.82) is 0 Å². The Labute approximate surface area is 69.9 Å². The molecule has 4 unspecified atom stereocenters. The zero-order valence-corrected chi connectivity index (χ0v) is 6.81. The molecule has 0 aromatic heterocycles. The minimum atomic E-state index is -1.32. The normalized spacial score (nSPS) is 43.0. The van der Waals surface area contributed by atoms with Crippen molar-refractivity contribution in [3.63, 3.8) is 0 Å². The number of alkyl halides is 1. The zero-order chi connectivity index (χ0) is 9.14. The highest BCUT2D eigenvalue weighted by Gasteiger charge is 2.36. The van der Waals surface area contributed by atoms with Gasteiger partial charge in [0.05, 0.1) is 6.61 Å². The molecule has 12 heavy (non-hydrogen) atoms. The number of halogens is 1. The summed E-state index contributed by atoms with van der Waals surface area (Å²) in [6.07, 6.45) is -4.03.